The van der Waals surface area contributed by atoms with Crippen molar-refractivity contribution in [3.05, 3.63) is 46.1 Å². The van der Waals surface area contributed by atoms with E-state index < -0.39 is 5.97 Å². The van der Waals surface area contributed by atoms with E-state index in [2.05, 4.69) is 31.4 Å². The number of carbonyl (C=O) groups excluding carboxylic acids is 2. The molecule has 1 aromatic carbocycles. The number of hydrogen-bond donors (Lipinski definition) is 1. The zero-order chi connectivity index (χ0) is 15.2. The van der Waals surface area contributed by atoms with Crippen molar-refractivity contribution < 1.29 is 18.7 Å². The second kappa shape index (κ2) is 6.98. The van der Waals surface area contributed by atoms with Crippen LogP contribution >= 0.6 is 15.9 Å². The summed E-state index contributed by atoms with van der Waals surface area (Å²) in [5.74, 6) is -0.348. The number of benzene rings is 1. The SMILES string of the molecule is Cc1nnc(COC(=O)CNC(=O)c2cccc(Br)c2)o1. The number of hydrogen-bond acceptors (Lipinski definition) is 6. The molecule has 0 radical (unpaired) electrons. The summed E-state index contributed by atoms with van der Waals surface area (Å²) in [4.78, 5) is 23.3. The number of carbonyl (C=O) groups is 2. The fourth-order valence-electron chi connectivity index (χ4n) is 1.47. The Morgan fingerprint density at radius 2 is 2.19 bits per heavy atom. The lowest BCUT2D eigenvalue weighted by molar-refractivity contribution is -0.144. The van der Waals surface area contributed by atoms with Crippen molar-refractivity contribution in [2.45, 2.75) is 13.5 Å². The van der Waals surface area contributed by atoms with Crippen molar-refractivity contribution in [1.29, 1.82) is 0 Å². The molecule has 2 aromatic rings. The highest BCUT2D eigenvalue weighted by Crippen LogP contribution is 2.11. The van der Waals surface area contributed by atoms with Gasteiger partial charge in [-0.25, -0.2) is 0 Å². The summed E-state index contributed by atoms with van der Waals surface area (Å²) in [6.07, 6.45) is 0. The topological polar surface area (TPSA) is 94.3 Å². The van der Waals surface area contributed by atoms with Crippen molar-refractivity contribution >= 4 is 27.8 Å². The molecular formula is C13H12BrN3O4. The number of ether oxygens (including phenoxy) is 1. The summed E-state index contributed by atoms with van der Waals surface area (Å²) in [6, 6.07) is 6.83. The van der Waals surface area contributed by atoms with Crippen molar-refractivity contribution in [2.75, 3.05) is 6.54 Å². The number of amides is 1. The van der Waals surface area contributed by atoms with E-state index in [0.717, 1.165) is 4.47 Å². The Labute approximate surface area is 128 Å². The Balaban J connectivity index is 1.77. The molecule has 0 fully saturated rings. The van der Waals surface area contributed by atoms with Gasteiger partial charge in [0, 0.05) is 17.0 Å². The summed E-state index contributed by atoms with van der Waals surface area (Å²) in [6.45, 7) is 1.28. The standard InChI is InChI=1S/C13H12BrN3O4/c1-8-16-17-11(21-8)7-20-12(18)6-15-13(19)9-3-2-4-10(14)5-9/h2-5H,6-7H2,1H3,(H,15,19). The van der Waals surface area contributed by atoms with Gasteiger partial charge in [-0.05, 0) is 18.2 Å². The van der Waals surface area contributed by atoms with Crippen LogP contribution in [0.2, 0.25) is 0 Å². The normalized spacial score (nSPS) is 10.2. The Morgan fingerprint density at radius 3 is 2.86 bits per heavy atom. The average Bonchev–Trinajstić information content (AvgIpc) is 2.88. The number of esters is 1. The number of nitrogens with one attached hydrogen (secondary N) is 1. The van der Waals surface area contributed by atoms with Gasteiger partial charge < -0.3 is 14.5 Å². The summed E-state index contributed by atoms with van der Waals surface area (Å²) in [5.41, 5.74) is 0.449. The minimum atomic E-state index is -0.589. The third-order valence-electron chi connectivity index (χ3n) is 2.40. The van der Waals surface area contributed by atoms with E-state index in [-0.39, 0.29) is 24.9 Å². The number of nitrogens with zero attached hydrogens (tertiary/aromatic N) is 2. The first-order valence-corrected chi connectivity index (χ1v) is 6.82. The molecule has 1 N–H and O–H groups in total. The fraction of sp³-hybridized carbons (Fsp3) is 0.231. The van der Waals surface area contributed by atoms with Crippen molar-refractivity contribution in [3.8, 4) is 0 Å². The van der Waals surface area contributed by atoms with Gasteiger partial charge in [0.2, 0.25) is 5.89 Å². The molecule has 0 aliphatic rings. The molecule has 0 aliphatic heterocycles. The molecule has 1 aromatic heterocycles. The summed E-state index contributed by atoms with van der Waals surface area (Å²) >= 11 is 3.27. The highest BCUT2D eigenvalue weighted by atomic mass is 79.9. The lowest BCUT2D eigenvalue weighted by Gasteiger charge is -2.05. The van der Waals surface area contributed by atoms with Crippen molar-refractivity contribution in [1.82, 2.24) is 15.5 Å². The van der Waals surface area contributed by atoms with Gasteiger partial charge in [0.15, 0.2) is 6.61 Å². The van der Waals surface area contributed by atoms with E-state index >= 15 is 0 Å². The molecule has 8 heteroatoms. The molecule has 21 heavy (non-hydrogen) atoms. The molecule has 0 aliphatic carbocycles. The number of aromatic nitrogens is 2. The van der Waals surface area contributed by atoms with Crippen molar-refractivity contribution in [3.63, 3.8) is 0 Å². The molecule has 0 unspecified atom stereocenters. The van der Waals surface area contributed by atoms with Crippen LogP contribution in [0.4, 0.5) is 0 Å². The summed E-state index contributed by atoms with van der Waals surface area (Å²) in [7, 11) is 0. The Bertz CT molecular complexity index is 656. The maximum absolute atomic E-state index is 11.8. The molecular weight excluding hydrogens is 342 g/mol. The third-order valence-corrected chi connectivity index (χ3v) is 2.90. The zero-order valence-corrected chi connectivity index (χ0v) is 12.7. The second-order valence-corrected chi connectivity index (χ2v) is 4.98. The smallest absolute Gasteiger partial charge is 0.325 e. The molecule has 2 rings (SSSR count). The summed E-state index contributed by atoms with van der Waals surface area (Å²) < 4.78 is 10.7. The van der Waals surface area contributed by atoms with E-state index in [1.807, 2.05) is 0 Å². The van der Waals surface area contributed by atoms with E-state index in [4.69, 9.17) is 9.15 Å². The lowest BCUT2D eigenvalue weighted by Crippen LogP contribution is -2.30. The number of rotatable bonds is 5. The highest BCUT2D eigenvalue weighted by molar-refractivity contribution is 9.10. The fourth-order valence-corrected chi connectivity index (χ4v) is 1.87. The van der Waals surface area contributed by atoms with Gasteiger partial charge >= 0.3 is 5.97 Å². The molecule has 0 atom stereocenters. The monoisotopic (exact) mass is 353 g/mol. The number of halogens is 1. The van der Waals surface area contributed by atoms with Gasteiger partial charge in [-0.2, -0.15) is 0 Å². The highest BCUT2D eigenvalue weighted by Gasteiger charge is 2.11. The average molecular weight is 354 g/mol. The Kier molecular flexibility index (Phi) is 5.04. The first kappa shape index (κ1) is 15.2. The first-order valence-electron chi connectivity index (χ1n) is 6.03. The van der Waals surface area contributed by atoms with Crippen LogP contribution in [0.1, 0.15) is 22.1 Å². The molecule has 0 spiro atoms. The van der Waals surface area contributed by atoms with Crippen LogP contribution in [0.3, 0.4) is 0 Å². The van der Waals surface area contributed by atoms with Gasteiger partial charge in [0.05, 0.1) is 0 Å². The van der Waals surface area contributed by atoms with Crippen LogP contribution in [0.15, 0.2) is 33.2 Å². The largest absolute Gasteiger partial charge is 0.454 e. The van der Waals surface area contributed by atoms with Gasteiger partial charge in [0.25, 0.3) is 11.8 Å². The Morgan fingerprint density at radius 1 is 1.38 bits per heavy atom. The molecule has 1 heterocycles. The lowest BCUT2D eigenvalue weighted by atomic mass is 10.2. The molecule has 7 nitrogen and oxygen atoms in total. The van der Waals surface area contributed by atoms with E-state index in [9.17, 15) is 9.59 Å². The van der Waals surface area contributed by atoms with Crippen LogP contribution < -0.4 is 5.32 Å². The van der Waals surface area contributed by atoms with Gasteiger partial charge in [0.1, 0.15) is 6.54 Å². The zero-order valence-electron chi connectivity index (χ0n) is 11.1. The maximum Gasteiger partial charge on any atom is 0.325 e. The minimum Gasteiger partial charge on any atom is -0.454 e. The summed E-state index contributed by atoms with van der Waals surface area (Å²) in [5, 5.41) is 9.75. The molecule has 0 bridgehead atoms. The molecule has 0 saturated carbocycles. The predicted octanol–water partition coefficient (Wildman–Crippen LogP) is 1.61. The molecule has 0 saturated heterocycles. The van der Waals surface area contributed by atoms with Crippen LogP contribution in [0.5, 0.6) is 0 Å². The third kappa shape index (κ3) is 4.67. The van der Waals surface area contributed by atoms with Crippen LogP contribution in [0, 0.1) is 6.92 Å². The second-order valence-electron chi connectivity index (χ2n) is 4.07. The van der Waals surface area contributed by atoms with E-state index in [0.29, 0.717) is 11.5 Å². The van der Waals surface area contributed by atoms with Crippen LogP contribution in [-0.4, -0.2) is 28.6 Å². The predicted molar refractivity (Wildman–Crippen MR) is 75.3 cm³/mol. The van der Waals surface area contributed by atoms with E-state index in [1.54, 1.807) is 31.2 Å². The first-order chi connectivity index (χ1) is 10.0. The number of aryl methyl sites for hydroxylation is 1. The van der Waals surface area contributed by atoms with Gasteiger partial charge in [-0.15, -0.1) is 10.2 Å². The van der Waals surface area contributed by atoms with Gasteiger partial charge in [-0.3, -0.25) is 9.59 Å². The van der Waals surface area contributed by atoms with E-state index in [1.165, 1.54) is 0 Å². The van der Waals surface area contributed by atoms with Crippen molar-refractivity contribution in [2.24, 2.45) is 0 Å². The van der Waals surface area contributed by atoms with Gasteiger partial charge in [-0.1, -0.05) is 22.0 Å². The quantitative estimate of drug-likeness (QED) is 0.820. The Hall–Kier alpha value is -2.22. The maximum atomic E-state index is 11.8. The minimum absolute atomic E-state index is 0.119. The molecule has 110 valence electrons. The van der Waals surface area contributed by atoms with Crippen LogP contribution in [0.25, 0.3) is 0 Å². The van der Waals surface area contributed by atoms with Crippen LogP contribution in [-0.2, 0) is 16.1 Å². The molecule has 1 amide bonds.